The minimum absolute atomic E-state index is 0.375. The summed E-state index contributed by atoms with van der Waals surface area (Å²) in [7, 11) is 0. The van der Waals surface area contributed by atoms with E-state index < -0.39 is 0 Å². The standard InChI is InChI=1S/C25H26N8O/c26-16-17-4-6-28-22(12-17)31-23-14-20(18-2-3-18)13-21(30-23)19-5-7-29-24(15-19)32-8-1-9-33(11-10-32)25(27)34/h4-7,12-15,18H,1-3,8-11H2,(H2,27,34)(H,28,30,31). The zero-order chi connectivity index (χ0) is 23.5. The Kier molecular flexibility index (Phi) is 5.95. The topological polar surface area (TPSA) is 124 Å². The predicted molar refractivity (Wildman–Crippen MR) is 130 cm³/mol. The molecule has 9 heteroatoms. The minimum Gasteiger partial charge on any atom is -0.355 e. The number of carbonyl (C=O) groups is 1. The van der Waals surface area contributed by atoms with Crippen molar-refractivity contribution in [3.05, 3.63) is 59.9 Å². The molecule has 0 bridgehead atoms. The lowest BCUT2D eigenvalue weighted by molar-refractivity contribution is 0.211. The summed E-state index contributed by atoms with van der Waals surface area (Å²) in [6, 6.07) is 13.4. The molecule has 1 saturated carbocycles. The van der Waals surface area contributed by atoms with Crippen LogP contribution in [0.3, 0.4) is 0 Å². The third kappa shape index (κ3) is 4.91. The summed E-state index contributed by atoms with van der Waals surface area (Å²) in [5, 5.41) is 12.4. The van der Waals surface area contributed by atoms with Crippen LogP contribution in [0, 0.1) is 11.3 Å². The molecule has 0 unspecified atom stereocenters. The number of nitrogens with zero attached hydrogens (tertiary/aromatic N) is 6. The van der Waals surface area contributed by atoms with Crippen LogP contribution in [0.2, 0.25) is 0 Å². The van der Waals surface area contributed by atoms with Crippen LogP contribution in [0.15, 0.2) is 48.8 Å². The zero-order valence-corrected chi connectivity index (χ0v) is 18.8. The molecule has 2 aliphatic rings. The molecule has 1 aliphatic heterocycles. The molecule has 2 amide bonds. The van der Waals surface area contributed by atoms with Gasteiger partial charge in [-0.3, -0.25) is 0 Å². The van der Waals surface area contributed by atoms with Crippen LogP contribution in [0.5, 0.6) is 0 Å². The molecule has 1 aliphatic carbocycles. The second-order valence-electron chi connectivity index (χ2n) is 8.68. The van der Waals surface area contributed by atoms with Crippen LogP contribution in [0.1, 0.15) is 36.3 Å². The molecule has 5 rings (SSSR count). The SMILES string of the molecule is N#Cc1ccnc(Nc2cc(C3CC3)cc(-c3ccnc(N4CCCN(C(N)=O)CC4)c3)n2)c1. The van der Waals surface area contributed by atoms with Gasteiger partial charge in [-0.05, 0) is 67.1 Å². The number of aromatic nitrogens is 3. The molecule has 0 spiro atoms. The molecule has 3 aromatic heterocycles. The fraction of sp³-hybridized carbons (Fsp3) is 0.320. The summed E-state index contributed by atoms with van der Waals surface area (Å²) in [5.74, 6) is 2.70. The normalized spacial score (nSPS) is 16.0. The van der Waals surface area contributed by atoms with E-state index in [0.717, 1.165) is 30.0 Å². The Morgan fingerprint density at radius 3 is 2.68 bits per heavy atom. The molecule has 0 radical (unpaired) electrons. The molecule has 2 fully saturated rings. The number of hydrogen-bond acceptors (Lipinski definition) is 7. The first kappa shape index (κ1) is 21.6. The van der Waals surface area contributed by atoms with Gasteiger partial charge < -0.3 is 20.9 Å². The lowest BCUT2D eigenvalue weighted by Crippen LogP contribution is -2.38. The number of carbonyl (C=O) groups excluding carboxylic acids is 1. The maximum Gasteiger partial charge on any atom is 0.314 e. The molecule has 1 saturated heterocycles. The summed E-state index contributed by atoms with van der Waals surface area (Å²) in [6.07, 6.45) is 6.61. The third-order valence-electron chi connectivity index (χ3n) is 6.21. The summed E-state index contributed by atoms with van der Waals surface area (Å²) >= 11 is 0. The molecule has 0 aromatic carbocycles. The van der Waals surface area contributed by atoms with Crippen molar-refractivity contribution in [3.8, 4) is 17.3 Å². The van der Waals surface area contributed by atoms with Crippen LogP contribution in [0.25, 0.3) is 11.3 Å². The number of nitrogens with one attached hydrogen (secondary N) is 1. The molecule has 172 valence electrons. The Balaban J connectivity index is 1.43. The van der Waals surface area contributed by atoms with Crippen molar-refractivity contribution in [3.63, 3.8) is 0 Å². The van der Waals surface area contributed by atoms with Crippen molar-refractivity contribution in [2.45, 2.75) is 25.2 Å². The summed E-state index contributed by atoms with van der Waals surface area (Å²) < 4.78 is 0. The fourth-order valence-corrected chi connectivity index (χ4v) is 4.23. The highest BCUT2D eigenvalue weighted by atomic mass is 16.2. The zero-order valence-electron chi connectivity index (χ0n) is 18.8. The number of nitriles is 1. The van der Waals surface area contributed by atoms with Gasteiger partial charge in [0.15, 0.2) is 0 Å². The van der Waals surface area contributed by atoms with Crippen molar-refractivity contribution < 1.29 is 4.79 Å². The Hall–Kier alpha value is -4.19. The molecule has 3 aromatic rings. The Morgan fingerprint density at radius 2 is 1.88 bits per heavy atom. The number of primary amides is 1. The highest BCUT2D eigenvalue weighted by Gasteiger charge is 2.25. The van der Waals surface area contributed by atoms with Crippen molar-refractivity contribution in [2.75, 3.05) is 36.4 Å². The number of hydrogen-bond donors (Lipinski definition) is 2. The average molecular weight is 455 g/mol. The van der Waals surface area contributed by atoms with Crippen LogP contribution in [-0.4, -0.2) is 52.1 Å². The molecule has 3 N–H and O–H groups in total. The first-order valence-electron chi connectivity index (χ1n) is 11.5. The van der Waals surface area contributed by atoms with E-state index in [9.17, 15) is 10.1 Å². The molecular formula is C25H26N8O. The van der Waals surface area contributed by atoms with Crippen molar-refractivity contribution in [2.24, 2.45) is 5.73 Å². The van der Waals surface area contributed by atoms with Gasteiger partial charge in [0.25, 0.3) is 0 Å². The summed E-state index contributed by atoms with van der Waals surface area (Å²) in [5.41, 5.74) is 9.10. The first-order chi connectivity index (χ1) is 16.6. The maximum atomic E-state index is 11.6. The van der Waals surface area contributed by atoms with E-state index in [-0.39, 0.29) is 6.03 Å². The van der Waals surface area contributed by atoms with Crippen molar-refractivity contribution in [1.82, 2.24) is 19.9 Å². The summed E-state index contributed by atoms with van der Waals surface area (Å²) in [6.45, 7) is 2.73. The monoisotopic (exact) mass is 454 g/mol. The lowest BCUT2D eigenvalue weighted by Gasteiger charge is -2.22. The van der Waals surface area contributed by atoms with Gasteiger partial charge in [0.1, 0.15) is 17.5 Å². The highest BCUT2D eigenvalue weighted by Crippen LogP contribution is 2.42. The maximum absolute atomic E-state index is 11.6. The molecule has 0 atom stereocenters. The number of pyridine rings is 3. The van der Waals surface area contributed by atoms with E-state index >= 15 is 0 Å². The molecular weight excluding hydrogens is 428 g/mol. The van der Waals surface area contributed by atoms with Crippen LogP contribution in [0.4, 0.5) is 22.2 Å². The molecule has 4 heterocycles. The van der Waals surface area contributed by atoms with E-state index in [1.165, 1.54) is 18.4 Å². The number of anilines is 3. The predicted octanol–water partition coefficient (Wildman–Crippen LogP) is 3.62. The van der Waals surface area contributed by atoms with E-state index in [1.807, 2.05) is 6.07 Å². The van der Waals surface area contributed by atoms with Gasteiger partial charge >= 0.3 is 6.03 Å². The first-order valence-corrected chi connectivity index (χ1v) is 11.5. The number of urea groups is 1. The lowest BCUT2D eigenvalue weighted by atomic mass is 10.1. The van der Waals surface area contributed by atoms with Crippen LogP contribution < -0.4 is 16.0 Å². The van der Waals surface area contributed by atoms with Gasteiger partial charge in [-0.1, -0.05) is 0 Å². The minimum atomic E-state index is -0.375. The van der Waals surface area contributed by atoms with Gasteiger partial charge in [0.05, 0.1) is 17.3 Å². The highest BCUT2D eigenvalue weighted by molar-refractivity contribution is 5.72. The van der Waals surface area contributed by atoms with Gasteiger partial charge in [0, 0.05) is 44.1 Å². The third-order valence-corrected chi connectivity index (χ3v) is 6.21. The number of nitrogens with two attached hydrogens (primary N) is 1. The average Bonchev–Trinajstić information content (AvgIpc) is 3.71. The molecule has 9 nitrogen and oxygen atoms in total. The van der Waals surface area contributed by atoms with E-state index in [1.54, 1.807) is 29.4 Å². The second-order valence-corrected chi connectivity index (χ2v) is 8.68. The number of amides is 2. The van der Waals surface area contributed by atoms with E-state index in [2.05, 4.69) is 44.5 Å². The quantitative estimate of drug-likeness (QED) is 0.603. The second kappa shape index (κ2) is 9.35. The van der Waals surface area contributed by atoms with Gasteiger partial charge in [-0.25, -0.2) is 19.7 Å². The fourth-order valence-electron chi connectivity index (χ4n) is 4.23. The Bertz CT molecular complexity index is 1250. The van der Waals surface area contributed by atoms with Gasteiger partial charge in [-0.15, -0.1) is 0 Å². The van der Waals surface area contributed by atoms with Crippen LogP contribution in [-0.2, 0) is 0 Å². The van der Waals surface area contributed by atoms with Crippen molar-refractivity contribution >= 4 is 23.5 Å². The Labute approximate surface area is 198 Å². The van der Waals surface area contributed by atoms with E-state index in [0.29, 0.717) is 42.8 Å². The van der Waals surface area contributed by atoms with Crippen molar-refractivity contribution in [1.29, 1.82) is 5.26 Å². The molecule has 34 heavy (non-hydrogen) atoms. The van der Waals surface area contributed by atoms with E-state index in [4.69, 9.17) is 10.7 Å². The van der Waals surface area contributed by atoms with Crippen LogP contribution >= 0.6 is 0 Å². The number of rotatable bonds is 5. The summed E-state index contributed by atoms with van der Waals surface area (Å²) in [4.78, 5) is 29.2. The Morgan fingerprint density at radius 1 is 1.03 bits per heavy atom. The van der Waals surface area contributed by atoms with Gasteiger partial charge in [-0.2, -0.15) is 5.26 Å². The smallest absolute Gasteiger partial charge is 0.314 e. The largest absolute Gasteiger partial charge is 0.355 e. The van der Waals surface area contributed by atoms with Gasteiger partial charge in [0.2, 0.25) is 0 Å².